The Morgan fingerprint density at radius 1 is 0.600 bits per heavy atom. The monoisotopic (exact) mass is 340 g/mol. The lowest BCUT2D eigenvalue weighted by atomic mass is 9.84. The summed E-state index contributed by atoms with van der Waals surface area (Å²) in [7, 11) is 0. The molecule has 0 unspecified atom stereocenters. The van der Waals surface area contributed by atoms with Gasteiger partial charge in [-0.2, -0.15) is 0 Å². The quantitative estimate of drug-likeness (QED) is 0.562. The third kappa shape index (κ3) is 5.39. The maximum atomic E-state index is 4.41. The molecule has 2 heteroatoms. The van der Waals surface area contributed by atoms with Crippen LogP contribution in [0.15, 0.2) is 18.6 Å². The summed E-state index contributed by atoms with van der Waals surface area (Å²) in [5, 5.41) is 0. The lowest BCUT2D eigenvalue weighted by molar-refractivity contribution is 0.581. The minimum Gasteiger partial charge on any atom is -0.264 e. The number of rotatable bonds is 0. The van der Waals surface area contributed by atoms with Crippen LogP contribution in [0, 0.1) is 34.6 Å². The molecule has 0 aliphatic rings. The average Bonchev–Trinajstić information content (AvgIpc) is 2.46. The van der Waals surface area contributed by atoms with Crippen molar-refractivity contribution in [2.45, 2.75) is 87.0 Å². The van der Waals surface area contributed by atoms with Crippen LogP contribution in [0.4, 0.5) is 0 Å². The summed E-state index contributed by atoms with van der Waals surface area (Å²) in [5.74, 6) is 0. The van der Waals surface area contributed by atoms with E-state index in [0.29, 0.717) is 0 Å². The van der Waals surface area contributed by atoms with Crippen LogP contribution in [0.5, 0.6) is 0 Å². The molecule has 2 nitrogen and oxygen atoms in total. The summed E-state index contributed by atoms with van der Waals surface area (Å²) in [4.78, 5) is 8.62. The van der Waals surface area contributed by atoms with E-state index in [1.54, 1.807) is 0 Å². The van der Waals surface area contributed by atoms with Crippen molar-refractivity contribution in [2.75, 3.05) is 0 Å². The van der Waals surface area contributed by atoms with E-state index >= 15 is 0 Å². The summed E-state index contributed by atoms with van der Waals surface area (Å²) in [5.41, 5.74) is 9.63. The van der Waals surface area contributed by atoms with Gasteiger partial charge in [-0.1, -0.05) is 41.5 Å². The van der Waals surface area contributed by atoms with Crippen LogP contribution in [0.3, 0.4) is 0 Å². The number of aryl methyl sites for hydroxylation is 2. The van der Waals surface area contributed by atoms with Crippen molar-refractivity contribution in [2.24, 2.45) is 0 Å². The molecule has 25 heavy (non-hydrogen) atoms. The third-order valence-corrected chi connectivity index (χ3v) is 4.98. The van der Waals surface area contributed by atoms with Crippen molar-refractivity contribution in [1.82, 2.24) is 9.97 Å². The molecule has 0 N–H and O–H groups in total. The van der Waals surface area contributed by atoms with Crippen molar-refractivity contribution >= 4 is 0 Å². The second-order valence-electron chi connectivity index (χ2n) is 9.14. The molecule has 0 spiro atoms. The van der Waals surface area contributed by atoms with Gasteiger partial charge in [0.1, 0.15) is 0 Å². The van der Waals surface area contributed by atoms with Crippen LogP contribution in [0.25, 0.3) is 0 Å². The van der Waals surface area contributed by atoms with Gasteiger partial charge in [-0.05, 0) is 78.8 Å². The molecule has 0 fully saturated rings. The van der Waals surface area contributed by atoms with Crippen LogP contribution in [0.2, 0.25) is 0 Å². The summed E-state index contributed by atoms with van der Waals surface area (Å²) in [6.45, 7) is 24.0. The Kier molecular flexibility index (Phi) is 6.55. The zero-order chi connectivity index (χ0) is 19.6. The second-order valence-corrected chi connectivity index (χ2v) is 9.14. The Bertz CT molecular complexity index is 729. The molecule has 0 saturated carbocycles. The lowest BCUT2D eigenvalue weighted by Gasteiger charge is -2.22. The molecule has 0 aliphatic heterocycles. The van der Waals surface area contributed by atoms with Crippen LogP contribution >= 0.6 is 0 Å². The minimum atomic E-state index is 0.204. The maximum absolute atomic E-state index is 4.41. The summed E-state index contributed by atoms with van der Waals surface area (Å²) >= 11 is 0. The average molecular weight is 341 g/mol. The minimum absolute atomic E-state index is 0.204. The van der Waals surface area contributed by atoms with Gasteiger partial charge in [-0.3, -0.25) is 9.97 Å². The number of hydrogen-bond acceptors (Lipinski definition) is 2. The first-order valence-corrected chi connectivity index (χ1v) is 9.11. The highest BCUT2D eigenvalue weighted by atomic mass is 14.7. The number of aromatic nitrogens is 2. The number of pyridine rings is 2. The molecule has 0 amide bonds. The molecule has 2 heterocycles. The molecule has 0 aromatic carbocycles. The zero-order valence-corrected chi connectivity index (χ0v) is 18.1. The molecular formula is C23H36N2. The van der Waals surface area contributed by atoms with Crippen molar-refractivity contribution in [1.29, 1.82) is 0 Å². The smallest absolute Gasteiger partial charge is 0.0404 e. The van der Waals surface area contributed by atoms with Crippen LogP contribution in [-0.2, 0) is 10.8 Å². The van der Waals surface area contributed by atoms with Gasteiger partial charge >= 0.3 is 0 Å². The lowest BCUT2D eigenvalue weighted by Crippen LogP contribution is -2.14. The first-order valence-electron chi connectivity index (χ1n) is 9.11. The molecule has 0 atom stereocenters. The highest BCUT2D eigenvalue weighted by Crippen LogP contribution is 2.27. The van der Waals surface area contributed by atoms with Gasteiger partial charge in [0.05, 0.1) is 0 Å². The van der Waals surface area contributed by atoms with E-state index < -0.39 is 0 Å². The van der Waals surface area contributed by atoms with E-state index in [1.165, 1.54) is 33.4 Å². The SMILES string of the molecule is Cc1cncc(C(C)(C)C)c1C.Cc1ncc(C(C)(C)C)c(C)c1C. The fourth-order valence-electron chi connectivity index (χ4n) is 2.97. The topological polar surface area (TPSA) is 25.8 Å². The fourth-order valence-corrected chi connectivity index (χ4v) is 2.97. The van der Waals surface area contributed by atoms with Gasteiger partial charge in [0, 0.05) is 24.3 Å². The predicted octanol–water partition coefficient (Wildman–Crippen LogP) is 6.30. The normalized spacial score (nSPS) is 11.8. The Morgan fingerprint density at radius 2 is 1.08 bits per heavy atom. The van der Waals surface area contributed by atoms with Gasteiger partial charge in [0.2, 0.25) is 0 Å². The van der Waals surface area contributed by atoms with Gasteiger partial charge in [-0.25, -0.2) is 0 Å². The van der Waals surface area contributed by atoms with E-state index in [0.717, 1.165) is 5.69 Å². The molecule has 138 valence electrons. The van der Waals surface area contributed by atoms with Crippen molar-refractivity contribution < 1.29 is 0 Å². The van der Waals surface area contributed by atoms with Crippen molar-refractivity contribution in [3.05, 3.63) is 57.7 Å². The van der Waals surface area contributed by atoms with Crippen LogP contribution in [0.1, 0.15) is 80.6 Å². The van der Waals surface area contributed by atoms with E-state index in [4.69, 9.17) is 0 Å². The Labute approximate surface area is 155 Å². The second kappa shape index (κ2) is 7.68. The van der Waals surface area contributed by atoms with Gasteiger partial charge < -0.3 is 0 Å². The van der Waals surface area contributed by atoms with Crippen molar-refractivity contribution in [3.8, 4) is 0 Å². The molecule has 2 aromatic heterocycles. The molecular weight excluding hydrogens is 304 g/mol. The Hall–Kier alpha value is -1.70. The van der Waals surface area contributed by atoms with Crippen molar-refractivity contribution in [3.63, 3.8) is 0 Å². The summed E-state index contributed by atoms with van der Waals surface area (Å²) < 4.78 is 0. The molecule has 0 aliphatic carbocycles. The first-order chi connectivity index (χ1) is 11.3. The third-order valence-electron chi connectivity index (χ3n) is 4.98. The van der Waals surface area contributed by atoms with Gasteiger partial charge in [-0.15, -0.1) is 0 Å². The highest BCUT2D eigenvalue weighted by Gasteiger charge is 2.18. The van der Waals surface area contributed by atoms with E-state index in [2.05, 4.69) is 86.1 Å². The predicted molar refractivity (Wildman–Crippen MR) is 110 cm³/mol. The summed E-state index contributed by atoms with van der Waals surface area (Å²) in [6.07, 6.45) is 5.91. The first kappa shape index (κ1) is 21.3. The van der Waals surface area contributed by atoms with Gasteiger partial charge in [0.15, 0.2) is 0 Å². The molecule has 2 aromatic rings. The zero-order valence-electron chi connectivity index (χ0n) is 18.1. The molecule has 0 radical (unpaired) electrons. The maximum Gasteiger partial charge on any atom is 0.0404 e. The van der Waals surface area contributed by atoms with Crippen LogP contribution in [-0.4, -0.2) is 9.97 Å². The van der Waals surface area contributed by atoms with E-state index in [1.807, 2.05) is 18.6 Å². The fraction of sp³-hybridized carbons (Fsp3) is 0.565. The van der Waals surface area contributed by atoms with E-state index in [-0.39, 0.29) is 10.8 Å². The summed E-state index contributed by atoms with van der Waals surface area (Å²) in [6, 6.07) is 0. The van der Waals surface area contributed by atoms with E-state index in [9.17, 15) is 0 Å². The molecule has 0 bridgehead atoms. The number of nitrogens with zero attached hydrogens (tertiary/aromatic N) is 2. The standard InChI is InChI=1S/C12H19N.C11H17N/c1-8-9(2)11(12(4,5)6)7-13-10(8)3;1-8-6-12-7-10(9(8)2)11(3,4)5/h7H,1-6H3;6-7H,1-5H3. The number of hydrogen-bond donors (Lipinski definition) is 0. The Balaban J connectivity index is 0.000000251. The Morgan fingerprint density at radius 3 is 1.52 bits per heavy atom. The van der Waals surface area contributed by atoms with Crippen LogP contribution < -0.4 is 0 Å². The molecule has 0 saturated heterocycles. The molecule has 2 rings (SSSR count). The highest BCUT2D eigenvalue weighted by molar-refractivity contribution is 5.37. The van der Waals surface area contributed by atoms with Gasteiger partial charge in [0.25, 0.3) is 0 Å². The largest absolute Gasteiger partial charge is 0.264 e.